The molecule has 0 aliphatic rings. The van der Waals surface area contributed by atoms with Gasteiger partial charge in [0.1, 0.15) is 22.4 Å². The number of methoxy groups -OCH3 is 1. The highest BCUT2D eigenvalue weighted by molar-refractivity contribution is 7.09. The number of hydrogen-bond acceptors (Lipinski definition) is 8. The smallest absolute Gasteiger partial charge is 0.408 e. The molecule has 0 saturated heterocycles. The number of aromatic nitrogens is 3. The lowest BCUT2D eigenvalue weighted by Crippen LogP contribution is -2.47. The zero-order chi connectivity index (χ0) is 25.7. The molecule has 1 atom stereocenters. The molecule has 36 heavy (non-hydrogen) atoms. The Bertz CT molecular complexity index is 1360. The molecule has 4 rings (SSSR count). The molecule has 9 nitrogen and oxygen atoms in total. The summed E-state index contributed by atoms with van der Waals surface area (Å²) in [6.07, 6.45) is 3.09. The molecule has 0 aliphatic carbocycles. The van der Waals surface area contributed by atoms with Crippen LogP contribution in [-0.2, 0) is 16.0 Å². The summed E-state index contributed by atoms with van der Waals surface area (Å²) in [5.74, 6) is 0.412. The summed E-state index contributed by atoms with van der Waals surface area (Å²) in [4.78, 5) is 34.2. The van der Waals surface area contributed by atoms with Gasteiger partial charge in [-0.2, -0.15) is 9.36 Å². The number of anilines is 1. The molecule has 2 amide bonds. The fourth-order valence-electron chi connectivity index (χ4n) is 3.46. The Labute approximate surface area is 213 Å². The first kappa shape index (κ1) is 25.1. The Morgan fingerprint density at radius 3 is 2.56 bits per heavy atom. The monoisotopic (exact) mass is 505 g/mol. The highest BCUT2D eigenvalue weighted by Crippen LogP contribution is 2.26. The molecular weight excluding hydrogens is 478 g/mol. The van der Waals surface area contributed by atoms with E-state index in [2.05, 4.69) is 25.0 Å². The standard InChI is InChI=1S/C26H27N5O4S/c1-26(2,3)35-25(33)28-21(13-16-5-9-20(34-4)10-6-16)22(32)29-24-30-23(36-31-24)18-7-8-19-15-27-12-11-17(19)14-18/h5-12,14-15,21H,13H2,1-4H3,(H,28,33)(H,29,31,32)/t21-/m0/s1. The van der Waals surface area contributed by atoms with E-state index >= 15 is 0 Å². The molecule has 2 aromatic heterocycles. The fourth-order valence-corrected chi connectivity index (χ4v) is 4.08. The summed E-state index contributed by atoms with van der Waals surface area (Å²) >= 11 is 1.18. The molecule has 186 valence electrons. The van der Waals surface area contributed by atoms with Crippen molar-refractivity contribution in [3.05, 3.63) is 66.5 Å². The van der Waals surface area contributed by atoms with Gasteiger partial charge in [0.05, 0.1) is 7.11 Å². The van der Waals surface area contributed by atoms with Gasteiger partial charge in [-0.25, -0.2) is 4.79 Å². The van der Waals surface area contributed by atoms with Gasteiger partial charge in [0, 0.05) is 29.8 Å². The number of carbonyl (C=O) groups excluding carboxylic acids is 2. The minimum atomic E-state index is -0.909. The van der Waals surface area contributed by atoms with Crippen LogP contribution in [0.1, 0.15) is 26.3 Å². The summed E-state index contributed by atoms with van der Waals surface area (Å²) in [6.45, 7) is 5.28. The van der Waals surface area contributed by atoms with Crippen LogP contribution in [0.25, 0.3) is 21.3 Å². The van der Waals surface area contributed by atoms with Crippen LogP contribution in [0.15, 0.2) is 60.9 Å². The van der Waals surface area contributed by atoms with Crippen LogP contribution in [-0.4, -0.2) is 45.1 Å². The second-order valence-electron chi connectivity index (χ2n) is 9.10. The van der Waals surface area contributed by atoms with Gasteiger partial charge < -0.3 is 14.8 Å². The van der Waals surface area contributed by atoms with Crippen molar-refractivity contribution < 1.29 is 19.1 Å². The van der Waals surface area contributed by atoms with Crippen LogP contribution in [0.4, 0.5) is 10.7 Å². The topological polar surface area (TPSA) is 115 Å². The molecule has 0 bridgehead atoms. The molecule has 0 fully saturated rings. The molecule has 0 unspecified atom stereocenters. The number of pyridine rings is 1. The van der Waals surface area contributed by atoms with Gasteiger partial charge in [-0.3, -0.25) is 15.1 Å². The largest absolute Gasteiger partial charge is 0.497 e. The van der Waals surface area contributed by atoms with Crippen molar-refractivity contribution in [1.29, 1.82) is 0 Å². The first-order valence-electron chi connectivity index (χ1n) is 11.3. The lowest BCUT2D eigenvalue weighted by Gasteiger charge is -2.23. The van der Waals surface area contributed by atoms with Gasteiger partial charge in [0.15, 0.2) is 0 Å². The van der Waals surface area contributed by atoms with E-state index in [1.807, 2.05) is 36.4 Å². The zero-order valence-corrected chi connectivity index (χ0v) is 21.3. The van der Waals surface area contributed by atoms with Crippen molar-refractivity contribution in [1.82, 2.24) is 19.7 Å². The quantitative estimate of drug-likeness (QED) is 0.369. The van der Waals surface area contributed by atoms with Crippen molar-refractivity contribution in [3.8, 4) is 16.3 Å². The van der Waals surface area contributed by atoms with E-state index in [9.17, 15) is 9.59 Å². The molecule has 0 aliphatic heterocycles. The van der Waals surface area contributed by atoms with E-state index in [0.717, 1.165) is 21.9 Å². The maximum atomic E-state index is 13.2. The third-order valence-corrected chi connectivity index (χ3v) is 5.92. The van der Waals surface area contributed by atoms with Gasteiger partial charge in [0.25, 0.3) is 0 Å². The molecular formula is C26H27N5O4S. The minimum absolute atomic E-state index is 0.167. The van der Waals surface area contributed by atoms with Crippen molar-refractivity contribution in [3.63, 3.8) is 0 Å². The Kier molecular flexibility index (Phi) is 7.44. The number of nitrogens with zero attached hydrogens (tertiary/aromatic N) is 3. The Balaban J connectivity index is 1.50. The number of alkyl carbamates (subject to hydrolysis) is 1. The van der Waals surface area contributed by atoms with E-state index in [0.29, 0.717) is 10.8 Å². The molecule has 4 aromatic rings. The average Bonchev–Trinajstić information content (AvgIpc) is 3.31. The highest BCUT2D eigenvalue weighted by atomic mass is 32.1. The van der Waals surface area contributed by atoms with Gasteiger partial charge in [-0.05, 0) is 67.5 Å². The zero-order valence-electron chi connectivity index (χ0n) is 20.4. The van der Waals surface area contributed by atoms with Gasteiger partial charge in [-0.1, -0.05) is 24.3 Å². The summed E-state index contributed by atoms with van der Waals surface area (Å²) in [6, 6.07) is 14.2. The molecule has 2 N–H and O–H groups in total. The maximum absolute atomic E-state index is 13.2. The maximum Gasteiger partial charge on any atom is 0.408 e. The Morgan fingerprint density at radius 2 is 1.83 bits per heavy atom. The summed E-state index contributed by atoms with van der Waals surface area (Å²) in [5, 5.41) is 8.11. The van der Waals surface area contributed by atoms with Crippen LogP contribution in [0.5, 0.6) is 5.75 Å². The number of ether oxygens (including phenoxy) is 2. The number of rotatable bonds is 7. The van der Waals surface area contributed by atoms with Gasteiger partial charge in [0.2, 0.25) is 11.9 Å². The van der Waals surface area contributed by atoms with Crippen LogP contribution in [0.2, 0.25) is 0 Å². The molecule has 0 spiro atoms. The van der Waals surface area contributed by atoms with Crippen molar-refractivity contribution in [2.24, 2.45) is 0 Å². The summed E-state index contributed by atoms with van der Waals surface area (Å²) in [5.41, 5.74) is 1.02. The van der Waals surface area contributed by atoms with Crippen LogP contribution >= 0.6 is 11.5 Å². The predicted octanol–water partition coefficient (Wildman–Crippen LogP) is 4.84. The SMILES string of the molecule is COc1ccc(C[C@H](NC(=O)OC(C)(C)C)C(=O)Nc2nsc(-c3ccc4cnccc4c3)n2)cc1. The first-order valence-corrected chi connectivity index (χ1v) is 12.1. The third kappa shape index (κ3) is 6.54. The minimum Gasteiger partial charge on any atom is -0.497 e. The first-order chi connectivity index (χ1) is 17.2. The van der Waals surface area contributed by atoms with Gasteiger partial charge >= 0.3 is 6.09 Å². The lowest BCUT2D eigenvalue weighted by molar-refractivity contribution is -0.118. The number of carbonyl (C=O) groups is 2. The Hall–Kier alpha value is -4.05. The third-order valence-electron chi connectivity index (χ3n) is 5.15. The van der Waals surface area contributed by atoms with E-state index < -0.39 is 23.6 Å². The summed E-state index contributed by atoms with van der Waals surface area (Å²) in [7, 11) is 1.58. The average molecular weight is 506 g/mol. The molecule has 2 heterocycles. The van der Waals surface area contributed by atoms with Crippen molar-refractivity contribution >= 4 is 40.3 Å². The molecule has 0 radical (unpaired) electrons. The van der Waals surface area contributed by atoms with Crippen LogP contribution in [0.3, 0.4) is 0 Å². The molecule has 0 saturated carbocycles. The number of amides is 2. The van der Waals surface area contributed by atoms with Crippen LogP contribution in [0, 0.1) is 0 Å². The van der Waals surface area contributed by atoms with E-state index in [1.165, 1.54) is 11.5 Å². The highest BCUT2D eigenvalue weighted by Gasteiger charge is 2.26. The van der Waals surface area contributed by atoms with E-state index in [4.69, 9.17) is 9.47 Å². The lowest BCUT2D eigenvalue weighted by atomic mass is 10.1. The number of nitrogens with one attached hydrogen (secondary N) is 2. The van der Waals surface area contributed by atoms with Crippen molar-refractivity contribution in [2.75, 3.05) is 12.4 Å². The van der Waals surface area contributed by atoms with E-state index in [-0.39, 0.29) is 12.4 Å². The summed E-state index contributed by atoms with van der Waals surface area (Å²) < 4.78 is 14.8. The Morgan fingerprint density at radius 1 is 1.06 bits per heavy atom. The van der Waals surface area contributed by atoms with Crippen LogP contribution < -0.4 is 15.4 Å². The normalized spacial score (nSPS) is 12.1. The van der Waals surface area contributed by atoms with Crippen molar-refractivity contribution in [2.45, 2.75) is 38.8 Å². The number of fused-ring (bicyclic) bond motifs is 1. The number of hydrogen-bond donors (Lipinski definition) is 2. The fraction of sp³-hybridized carbons (Fsp3) is 0.269. The molecule has 10 heteroatoms. The van der Waals surface area contributed by atoms with E-state index in [1.54, 1.807) is 52.4 Å². The second-order valence-corrected chi connectivity index (χ2v) is 9.85. The molecule has 2 aromatic carbocycles. The van der Waals surface area contributed by atoms with Gasteiger partial charge in [-0.15, -0.1) is 0 Å². The predicted molar refractivity (Wildman–Crippen MR) is 139 cm³/mol. The second kappa shape index (κ2) is 10.7. The number of benzene rings is 2.